The van der Waals surface area contributed by atoms with Crippen LogP contribution in [0.5, 0.6) is 11.5 Å². The van der Waals surface area contributed by atoms with Gasteiger partial charge in [0.15, 0.2) is 0 Å². The number of nitrogens with zero attached hydrogens (tertiary/aromatic N) is 2. The molecule has 6 nitrogen and oxygen atoms in total. The van der Waals surface area contributed by atoms with E-state index in [-0.39, 0.29) is 5.56 Å². The molecule has 0 radical (unpaired) electrons. The first kappa shape index (κ1) is 27.4. The highest BCUT2D eigenvalue weighted by Gasteiger charge is 2.22. The highest BCUT2D eigenvalue weighted by atomic mass is 35.5. The van der Waals surface area contributed by atoms with Crippen LogP contribution < -0.4 is 9.64 Å². The molecule has 212 valence electrons. The second kappa shape index (κ2) is 12.4. The van der Waals surface area contributed by atoms with Crippen LogP contribution in [0, 0.1) is 0 Å². The summed E-state index contributed by atoms with van der Waals surface area (Å²) in [6.45, 7) is 4.66. The molecular weight excluding hydrogens is 534 g/mol. The Morgan fingerprint density at radius 3 is 2.44 bits per heavy atom. The first-order chi connectivity index (χ1) is 20.0. The molecule has 41 heavy (non-hydrogen) atoms. The monoisotopic (exact) mass is 569 g/mol. The van der Waals surface area contributed by atoms with E-state index in [0.717, 1.165) is 67.2 Å². The number of piperazine rings is 1. The number of rotatable bonds is 7. The van der Waals surface area contributed by atoms with E-state index in [1.54, 1.807) is 11.6 Å². The number of ether oxygens (including phenoxy) is 1. The largest absolute Gasteiger partial charge is 0.478 e. The van der Waals surface area contributed by atoms with Gasteiger partial charge in [-0.2, -0.15) is 0 Å². The highest BCUT2D eigenvalue weighted by Crippen LogP contribution is 2.35. The van der Waals surface area contributed by atoms with Crippen molar-refractivity contribution in [3.05, 3.63) is 94.6 Å². The van der Waals surface area contributed by atoms with Gasteiger partial charge in [0, 0.05) is 66.6 Å². The third kappa shape index (κ3) is 6.29. The molecule has 7 heteroatoms. The molecule has 6 rings (SSSR count). The quantitative estimate of drug-likeness (QED) is 0.234. The van der Waals surface area contributed by atoms with Crippen molar-refractivity contribution in [2.24, 2.45) is 0 Å². The third-order valence-electron chi connectivity index (χ3n) is 8.40. The van der Waals surface area contributed by atoms with E-state index in [1.807, 2.05) is 54.7 Å². The first-order valence-electron chi connectivity index (χ1n) is 14.6. The number of aromatic amines is 1. The maximum absolute atomic E-state index is 12.0. The van der Waals surface area contributed by atoms with E-state index in [0.29, 0.717) is 11.5 Å². The van der Waals surface area contributed by atoms with Gasteiger partial charge in [0.05, 0.1) is 0 Å². The van der Waals surface area contributed by atoms with Crippen molar-refractivity contribution in [2.75, 3.05) is 37.6 Å². The summed E-state index contributed by atoms with van der Waals surface area (Å²) in [5, 5.41) is 11.5. The van der Waals surface area contributed by atoms with Crippen molar-refractivity contribution in [1.82, 2.24) is 9.88 Å². The number of nitrogens with one attached hydrogen (secondary N) is 1. The summed E-state index contributed by atoms with van der Waals surface area (Å²) in [5.74, 6) is -0.00261. The fourth-order valence-corrected chi connectivity index (χ4v) is 6.29. The molecule has 0 unspecified atom stereocenters. The van der Waals surface area contributed by atoms with Gasteiger partial charge in [-0.25, -0.2) is 4.79 Å². The number of aromatic nitrogens is 1. The standard InChI is InChI=1S/C34H36ClN3O3/c35-26-12-10-24(11-13-26)28-7-4-2-1-3-6-25(28)23-37-18-20-38(21-19-37)27-14-15-30(34(39)40)33(22-27)41-32-9-5-8-31-29(32)16-17-36-31/h5,8-17,22,36H,1-4,6-7,18-21,23H2,(H,39,40)/b28-25-. The second-order valence-electron chi connectivity index (χ2n) is 11.0. The zero-order valence-corrected chi connectivity index (χ0v) is 24.0. The summed E-state index contributed by atoms with van der Waals surface area (Å²) >= 11 is 6.19. The summed E-state index contributed by atoms with van der Waals surface area (Å²) < 4.78 is 6.23. The second-order valence-corrected chi connectivity index (χ2v) is 11.5. The lowest BCUT2D eigenvalue weighted by Gasteiger charge is -2.37. The Balaban J connectivity index is 1.18. The van der Waals surface area contributed by atoms with Crippen LogP contribution in [0.15, 0.2) is 78.5 Å². The Hall–Kier alpha value is -3.74. The fourth-order valence-electron chi connectivity index (χ4n) is 6.16. The van der Waals surface area contributed by atoms with Crippen LogP contribution in [0.3, 0.4) is 0 Å². The van der Waals surface area contributed by atoms with Gasteiger partial charge in [0.25, 0.3) is 0 Å². The molecule has 1 fully saturated rings. The number of halogens is 1. The summed E-state index contributed by atoms with van der Waals surface area (Å²) in [4.78, 5) is 20.1. The van der Waals surface area contributed by atoms with Gasteiger partial charge in [-0.05, 0) is 79.3 Å². The number of carboxylic acids is 1. The summed E-state index contributed by atoms with van der Waals surface area (Å²) in [5.41, 5.74) is 6.48. The molecule has 2 N–H and O–H groups in total. The minimum absolute atomic E-state index is 0.158. The van der Waals surface area contributed by atoms with Crippen LogP contribution in [0.2, 0.25) is 5.02 Å². The Morgan fingerprint density at radius 1 is 0.878 bits per heavy atom. The van der Waals surface area contributed by atoms with E-state index in [9.17, 15) is 9.90 Å². The minimum Gasteiger partial charge on any atom is -0.478 e. The number of fused-ring (bicyclic) bond motifs is 1. The maximum atomic E-state index is 12.0. The molecule has 0 saturated carbocycles. The molecule has 3 aromatic carbocycles. The molecule has 0 amide bonds. The number of hydrogen-bond donors (Lipinski definition) is 2. The molecule has 1 aromatic heterocycles. The Bertz CT molecular complexity index is 1550. The van der Waals surface area contributed by atoms with Crippen LogP contribution in [0.4, 0.5) is 5.69 Å². The lowest BCUT2D eigenvalue weighted by Crippen LogP contribution is -2.47. The average Bonchev–Trinajstić information content (AvgIpc) is 3.46. The van der Waals surface area contributed by atoms with Crippen molar-refractivity contribution in [2.45, 2.75) is 38.5 Å². The van der Waals surface area contributed by atoms with Crippen LogP contribution in [0.1, 0.15) is 54.4 Å². The number of anilines is 1. The van der Waals surface area contributed by atoms with Gasteiger partial charge in [-0.1, -0.05) is 48.2 Å². The Kier molecular flexibility index (Phi) is 8.31. The molecule has 1 aliphatic heterocycles. The number of allylic oxidation sites excluding steroid dienone is 1. The average molecular weight is 570 g/mol. The van der Waals surface area contributed by atoms with Crippen LogP contribution >= 0.6 is 11.6 Å². The van der Waals surface area contributed by atoms with Gasteiger partial charge >= 0.3 is 5.97 Å². The van der Waals surface area contributed by atoms with Crippen molar-refractivity contribution in [1.29, 1.82) is 0 Å². The summed E-state index contributed by atoms with van der Waals surface area (Å²) in [6.07, 6.45) is 9.24. The lowest BCUT2D eigenvalue weighted by molar-refractivity contribution is 0.0694. The lowest BCUT2D eigenvalue weighted by atomic mass is 9.88. The fraction of sp³-hybridized carbons (Fsp3) is 0.324. The van der Waals surface area contributed by atoms with Crippen molar-refractivity contribution < 1.29 is 14.6 Å². The highest BCUT2D eigenvalue weighted by molar-refractivity contribution is 6.30. The van der Waals surface area contributed by atoms with Crippen molar-refractivity contribution >= 4 is 39.7 Å². The third-order valence-corrected chi connectivity index (χ3v) is 8.65. The molecule has 1 saturated heterocycles. The molecule has 2 heterocycles. The number of benzene rings is 3. The van der Waals surface area contributed by atoms with Crippen LogP contribution in [0.25, 0.3) is 16.5 Å². The Labute approximate surface area is 246 Å². The van der Waals surface area contributed by atoms with Crippen molar-refractivity contribution in [3.8, 4) is 11.5 Å². The van der Waals surface area contributed by atoms with E-state index < -0.39 is 5.97 Å². The number of aromatic carboxylic acids is 1. The smallest absolute Gasteiger partial charge is 0.339 e. The van der Waals surface area contributed by atoms with E-state index in [4.69, 9.17) is 16.3 Å². The van der Waals surface area contributed by atoms with E-state index in [1.165, 1.54) is 36.8 Å². The Morgan fingerprint density at radius 2 is 1.66 bits per heavy atom. The van der Waals surface area contributed by atoms with Gasteiger partial charge in [0.2, 0.25) is 0 Å². The molecule has 4 aromatic rings. The van der Waals surface area contributed by atoms with Gasteiger partial charge in [0.1, 0.15) is 17.1 Å². The number of carbonyl (C=O) groups is 1. The normalized spacial score (nSPS) is 18.7. The molecule has 1 aliphatic carbocycles. The molecular formula is C34H36ClN3O3. The van der Waals surface area contributed by atoms with Crippen LogP contribution in [-0.4, -0.2) is 53.7 Å². The molecule has 0 atom stereocenters. The summed E-state index contributed by atoms with van der Waals surface area (Å²) in [7, 11) is 0. The first-order valence-corrected chi connectivity index (χ1v) is 15.0. The number of hydrogen-bond acceptors (Lipinski definition) is 4. The zero-order chi connectivity index (χ0) is 28.2. The number of H-pyrrole nitrogens is 1. The predicted octanol–water partition coefficient (Wildman–Crippen LogP) is 8.24. The number of carboxylic acid groups (broad SMARTS) is 1. The predicted molar refractivity (Wildman–Crippen MR) is 167 cm³/mol. The SMILES string of the molecule is O=C(O)c1ccc(N2CCN(C/C3=C(\c4ccc(Cl)cc4)CCCCCC3)CC2)cc1Oc1cccc2[nH]ccc12. The van der Waals surface area contributed by atoms with Crippen LogP contribution in [-0.2, 0) is 0 Å². The maximum Gasteiger partial charge on any atom is 0.339 e. The van der Waals surface area contributed by atoms with Gasteiger partial charge in [-0.3, -0.25) is 4.90 Å². The van der Waals surface area contributed by atoms with Gasteiger partial charge < -0.3 is 19.7 Å². The zero-order valence-electron chi connectivity index (χ0n) is 23.2. The molecule has 2 aliphatic rings. The van der Waals surface area contributed by atoms with Crippen molar-refractivity contribution in [3.63, 3.8) is 0 Å². The van der Waals surface area contributed by atoms with E-state index in [2.05, 4.69) is 26.9 Å². The molecule has 0 bridgehead atoms. The topological polar surface area (TPSA) is 68.8 Å². The van der Waals surface area contributed by atoms with Gasteiger partial charge in [-0.15, -0.1) is 0 Å². The molecule has 0 spiro atoms. The summed E-state index contributed by atoms with van der Waals surface area (Å²) in [6, 6.07) is 21.5. The minimum atomic E-state index is -0.999. The van der Waals surface area contributed by atoms with E-state index >= 15 is 0 Å².